The van der Waals surface area contributed by atoms with Crippen LogP contribution < -0.4 is 5.32 Å². The minimum Gasteiger partial charge on any atom is -0.480 e. The van der Waals surface area contributed by atoms with Crippen LogP contribution >= 0.6 is 0 Å². The van der Waals surface area contributed by atoms with Crippen LogP contribution in [0.15, 0.2) is 24.3 Å². The Bertz CT molecular complexity index is 576. The van der Waals surface area contributed by atoms with E-state index in [1.165, 1.54) is 12.1 Å². The van der Waals surface area contributed by atoms with Gasteiger partial charge in [0.05, 0.1) is 12.0 Å². The number of alkyl halides is 3. The van der Waals surface area contributed by atoms with Gasteiger partial charge in [-0.05, 0) is 11.6 Å². The van der Waals surface area contributed by atoms with Crippen molar-refractivity contribution in [1.82, 2.24) is 5.32 Å². The number of nitrogens with one attached hydrogen (secondary N) is 1. The van der Waals surface area contributed by atoms with Crippen LogP contribution in [0.25, 0.3) is 0 Å². The van der Waals surface area contributed by atoms with Crippen molar-refractivity contribution in [2.24, 2.45) is 0 Å². The van der Waals surface area contributed by atoms with E-state index in [-0.39, 0.29) is 18.4 Å². The zero-order valence-electron chi connectivity index (χ0n) is 10.8. The van der Waals surface area contributed by atoms with E-state index in [1.54, 1.807) is 0 Å². The van der Waals surface area contributed by atoms with Gasteiger partial charge in [-0.3, -0.25) is 4.79 Å². The van der Waals surface area contributed by atoms with E-state index < -0.39 is 29.7 Å². The number of hydrogen-bond donors (Lipinski definition) is 2. The summed E-state index contributed by atoms with van der Waals surface area (Å²) in [6, 6.07) is 3.01. The number of terminal acetylenes is 1. The van der Waals surface area contributed by atoms with E-state index in [0.717, 1.165) is 12.1 Å². The Morgan fingerprint density at radius 3 is 2.57 bits per heavy atom. The molecular formula is C14H12F3NO3. The van der Waals surface area contributed by atoms with Crippen molar-refractivity contribution < 1.29 is 27.9 Å². The van der Waals surface area contributed by atoms with Crippen molar-refractivity contribution in [2.45, 2.75) is 25.1 Å². The average molecular weight is 299 g/mol. The fraction of sp³-hybridized carbons (Fsp3) is 0.286. The minimum absolute atomic E-state index is 0.132. The van der Waals surface area contributed by atoms with Gasteiger partial charge in [0.2, 0.25) is 5.91 Å². The molecule has 1 aromatic carbocycles. The van der Waals surface area contributed by atoms with Crippen LogP contribution in [-0.4, -0.2) is 23.0 Å². The van der Waals surface area contributed by atoms with Gasteiger partial charge in [-0.2, -0.15) is 13.2 Å². The third kappa shape index (κ3) is 5.18. The lowest BCUT2D eigenvalue weighted by molar-refractivity contribution is -0.141. The first-order chi connectivity index (χ1) is 9.74. The SMILES string of the molecule is C#CC[C@H](NC(=O)Cc1cccc(C(F)(F)F)c1)C(=O)O. The van der Waals surface area contributed by atoms with E-state index in [0.29, 0.717) is 0 Å². The molecule has 1 amide bonds. The lowest BCUT2D eigenvalue weighted by Gasteiger charge is -2.12. The molecule has 7 heteroatoms. The summed E-state index contributed by atoms with van der Waals surface area (Å²) in [6.07, 6.45) is -0.0944. The van der Waals surface area contributed by atoms with Crippen LogP contribution in [0, 0.1) is 12.3 Å². The van der Waals surface area contributed by atoms with Gasteiger partial charge in [0.15, 0.2) is 0 Å². The monoisotopic (exact) mass is 299 g/mol. The summed E-state index contributed by atoms with van der Waals surface area (Å²) in [6.45, 7) is 0. The van der Waals surface area contributed by atoms with Gasteiger partial charge in [-0.1, -0.05) is 18.2 Å². The fourth-order valence-corrected chi connectivity index (χ4v) is 1.61. The molecular weight excluding hydrogens is 287 g/mol. The highest BCUT2D eigenvalue weighted by atomic mass is 19.4. The van der Waals surface area contributed by atoms with Crippen molar-refractivity contribution in [1.29, 1.82) is 0 Å². The molecule has 0 saturated carbocycles. The smallest absolute Gasteiger partial charge is 0.416 e. The van der Waals surface area contributed by atoms with Crippen LogP contribution in [0.4, 0.5) is 13.2 Å². The molecule has 0 spiro atoms. The van der Waals surface area contributed by atoms with Crippen LogP contribution in [0.1, 0.15) is 17.5 Å². The molecule has 4 nitrogen and oxygen atoms in total. The van der Waals surface area contributed by atoms with Gasteiger partial charge in [0.1, 0.15) is 6.04 Å². The van der Waals surface area contributed by atoms with Crippen LogP contribution in [0.3, 0.4) is 0 Å². The molecule has 0 saturated heterocycles. The van der Waals surface area contributed by atoms with E-state index >= 15 is 0 Å². The topological polar surface area (TPSA) is 66.4 Å². The number of rotatable bonds is 5. The molecule has 0 bridgehead atoms. The summed E-state index contributed by atoms with van der Waals surface area (Å²) in [4.78, 5) is 22.4. The van der Waals surface area contributed by atoms with Gasteiger partial charge in [0, 0.05) is 6.42 Å². The highest BCUT2D eigenvalue weighted by Crippen LogP contribution is 2.29. The lowest BCUT2D eigenvalue weighted by atomic mass is 10.1. The van der Waals surface area contributed by atoms with E-state index in [4.69, 9.17) is 11.5 Å². The van der Waals surface area contributed by atoms with Crippen molar-refractivity contribution >= 4 is 11.9 Å². The zero-order valence-corrected chi connectivity index (χ0v) is 10.8. The molecule has 21 heavy (non-hydrogen) atoms. The molecule has 0 aliphatic heterocycles. The molecule has 1 aromatic rings. The second-order valence-corrected chi connectivity index (χ2v) is 4.24. The number of aliphatic carboxylic acids is 1. The zero-order chi connectivity index (χ0) is 16.0. The number of carbonyl (C=O) groups excluding carboxylic acids is 1. The third-order valence-corrected chi connectivity index (χ3v) is 2.57. The van der Waals surface area contributed by atoms with Gasteiger partial charge >= 0.3 is 12.1 Å². The van der Waals surface area contributed by atoms with Gasteiger partial charge in [-0.25, -0.2) is 4.79 Å². The first-order valence-corrected chi connectivity index (χ1v) is 5.86. The molecule has 1 atom stereocenters. The quantitative estimate of drug-likeness (QED) is 0.815. The number of benzene rings is 1. The first-order valence-electron chi connectivity index (χ1n) is 5.86. The molecule has 0 radical (unpaired) electrons. The maximum atomic E-state index is 12.5. The first kappa shape index (κ1) is 16.6. The fourth-order valence-electron chi connectivity index (χ4n) is 1.61. The third-order valence-electron chi connectivity index (χ3n) is 2.57. The van der Waals surface area contributed by atoms with E-state index in [9.17, 15) is 22.8 Å². The second kappa shape index (κ2) is 6.79. The summed E-state index contributed by atoms with van der Waals surface area (Å²) in [7, 11) is 0. The molecule has 2 N–H and O–H groups in total. The van der Waals surface area contributed by atoms with Crippen LogP contribution in [-0.2, 0) is 22.2 Å². The van der Waals surface area contributed by atoms with Gasteiger partial charge < -0.3 is 10.4 Å². The van der Waals surface area contributed by atoms with Crippen molar-refractivity contribution in [3.8, 4) is 12.3 Å². The Hall–Kier alpha value is -2.49. The Morgan fingerprint density at radius 2 is 2.05 bits per heavy atom. The number of carboxylic acid groups (broad SMARTS) is 1. The van der Waals surface area contributed by atoms with Crippen molar-refractivity contribution in [3.05, 3.63) is 35.4 Å². The predicted octanol–water partition coefficient (Wildman–Crippen LogP) is 1.84. The van der Waals surface area contributed by atoms with E-state index in [2.05, 4.69) is 11.2 Å². The molecule has 0 aliphatic carbocycles. The maximum Gasteiger partial charge on any atom is 0.416 e. The predicted molar refractivity (Wildman–Crippen MR) is 68.2 cm³/mol. The standard InChI is InChI=1S/C14H12F3NO3/c1-2-4-11(13(20)21)18-12(19)8-9-5-3-6-10(7-9)14(15,16)17/h1,3,5-7,11H,4,8H2,(H,18,19)(H,20,21)/t11-/m0/s1. The summed E-state index contributed by atoms with van der Waals surface area (Å²) >= 11 is 0. The summed E-state index contributed by atoms with van der Waals surface area (Å²) in [5.41, 5.74) is -0.738. The highest BCUT2D eigenvalue weighted by Gasteiger charge is 2.30. The Morgan fingerprint density at radius 1 is 1.38 bits per heavy atom. The number of carbonyl (C=O) groups is 2. The molecule has 0 heterocycles. The Balaban J connectivity index is 2.75. The van der Waals surface area contributed by atoms with Gasteiger partial charge in [-0.15, -0.1) is 12.3 Å². The molecule has 0 fully saturated rings. The summed E-state index contributed by atoms with van der Waals surface area (Å²) in [5, 5.41) is 11.0. The lowest BCUT2D eigenvalue weighted by Crippen LogP contribution is -2.41. The highest BCUT2D eigenvalue weighted by molar-refractivity contribution is 5.85. The van der Waals surface area contributed by atoms with Crippen LogP contribution in [0.5, 0.6) is 0 Å². The normalized spacial score (nSPS) is 12.3. The molecule has 112 valence electrons. The number of carboxylic acids is 1. The minimum atomic E-state index is -4.50. The molecule has 1 rings (SSSR count). The van der Waals surface area contributed by atoms with Crippen molar-refractivity contribution in [2.75, 3.05) is 0 Å². The van der Waals surface area contributed by atoms with E-state index in [1.807, 2.05) is 0 Å². The summed E-state index contributed by atoms with van der Waals surface area (Å²) in [5.74, 6) is 0.0913. The van der Waals surface area contributed by atoms with Gasteiger partial charge in [0.25, 0.3) is 0 Å². The Labute approximate surface area is 119 Å². The Kier molecular flexibility index (Phi) is 5.36. The largest absolute Gasteiger partial charge is 0.480 e. The average Bonchev–Trinajstić information content (AvgIpc) is 2.37. The molecule has 0 aromatic heterocycles. The number of hydrogen-bond acceptors (Lipinski definition) is 2. The molecule has 0 unspecified atom stereocenters. The van der Waals surface area contributed by atoms with Crippen LogP contribution in [0.2, 0.25) is 0 Å². The van der Waals surface area contributed by atoms with Crippen molar-refractivity contribution in [3.63, 3.8) is 0 Å². The molecule has 0 aliphatic rings. The second-order valence-electron chi connectivity index (χ2n) is 4.24. The number of halogens is 3. The maximum absolute atomic E-state index is 12.5. The summed E-state index contributed by atoms with van der Waals surface area (Å²) < 4.78 is 37.6. The number of amides is 1.